The van der Waals surface area contributed by atoms with E-state index in [1.807, 2.05) is 0 Å². The van der Waals surface area contributed by atoms with Gasteiger partial charge in [-0.2, -0.15) is 0 Å². The predicted octanol–water partition coefficient (Wildman–Crippen LogP) is 5.80. The summed E-state index contributed by atoms with van der Waals surface area (Å²) in [5, 5.41) is 36.3. The molecule has 0 radical (unpaired) electrons. The maximum Gasteiger partial charge on any atom is 0.323 e. The Hall–Kier alpha value is -3.30. The summed E-state index contributed by atoms with van der Waals surface area (Å²) in [5.41, 5.74) is 10.6. The SMILES string of the molecule is CCCCCC[C@](C)(O)[C@H]1CC[C@H]2[C@@H]3C[C@H](O)[C@H]4C[C@@H](OC(=O)[C@@H](N)CC(=O)CCCOCCOCC(=O)Nc5ccc(OC)c(C(N)=O)c5O)CC[C@]4(C)[C@H]3CC[C@@]21C. The molecule has 338 valence electrons. The number of aliphatic hydroxyl groups is 2. The number of amides is 2. The van der Waals surface area contributed by atoms with Crippen molar-refractivity contribution in [1.29, 1.82) is 0 Å². The second-order valence-corrected chi connectivity index (χ2v) is 19.0. The van der Waals surface area contributed by atoms with E-state index >= 15 is 0 Å². The van der Waals surface area contributed by atoms with E-state index in [9.17, 15) is 34.5 Å². The number of rotatable bonds is 22. The maximum absolute atomic E-state index is 13.1. The van der Waals surface area contributed by atoms with Gasteiger partial charge in [-0.15, -0.1) is 0 Å². The zero-order chi connectivity index (χ0) is 43.8. The third-order valence-electron chi connectivity index (χ3n) is 15.2. The number of carbonyl (C=O) groups excluding carboxylic acids is 4. The van der Waals surface area contributed by atoms with Gasteiger partial charge in [-0.05, 0) is 124 Å². The van der Waals surface area contributed by atoms with Crippen LogP contribution in [0.3, 0.4) is 0 Å². The van der Waals surface area contributed by atoms with Gasteiger partial charge in [-0.3, -0.25) is 19.2 Å². The number of Topliss-reactive ketones (excluding diaryl/α,β-unsaturated/α-hetero) is 1. The van der Waals surface area contributed by atoms with Gasteiger partial charge < -0.3 is 51.1 Å². The number of benzene rings is 1. The number of hydrogen-bond acceptors (Lipinski definition) is 12. The van der Waals surface area contributed by atoms with E-state index in [4.69, 9.17) is 30.4 Å². The molecule has 14 nitrogen and oxygen atoms in total. The zero-order valence-electron chi connectivity index (χ0n) is 36.7. The molecule has 0 spiro atoms. The highest BCUT2D eigenvalue weighted by Gasteiger charge is 2.64. The molecule has 2 amide bonds. The normalized spacial score (nSPS) is 31.2. The van der Waals surface area contributed by atoms with Gasteiger partial charge in [0, 0.05) is 19.4 Å². The highest BCUT2D eigenvalue weighted by Crippen LogP contribution is 2.69. The topological polar surface area (TPSA) is 230 Å². The van der Waals surface area contributed by atoms with Gasteiger partial charge in [0.25, 0.3) is 5.91 Å². The average Bonchev–Trinajstić information content (AvgIpc) is 3.57. The monoisotopic (exact) mass is 844 g/mol. The quantitative estimate of drug-likeness (QED) is 0.0462. The molecule has 4 aliphatic rings. The summed E-state index contributed by atoms with van der Waals surface area (Å²) in [6, 6.07) is 1.71. The van der Waals surface area contributed by atoms with Crippen LogP contribution in [-0.4, -0.2) is 96.3 Å². The Balaban J connectivity index is 0.982. The molecule has 0 heterocycles. The molecule has 4 fully saturated rings. The van der Waals surface area contributed by atoms with Crippen LogP contribution in [0.2, 0.25) is 0 Å². The van der Waals surface area contributed by atoms with Gasteiger partial charge >= 0.3 is 5.97 Å². The number of nitrogens with one attached hydrogen (secondary N) is 1. The predicted molar refractivity (Wildman–Crippen MR) is 226 cm³/mol. The molecule has 1 aromatic carbocycles. The minimum atomic E-state index is -1.07. The summed E-state index contributed by atoms with van der Waals surface area (Å²) in [4.78, 5) is 49.7. The largest absolute Gasteiger partial charge is 0.505 e. The number of esters is 1. The number of hydrogen-bond donors (Lipinski definition) is 6. The lowest BCUT2D eigenvalue weighted by molar-refractivity contribution is -0.188. The molecule has 0 unspecified atom stereocenters. The number of phenols is 1. The molecule has 5 rings (SSSR count). The van der Waals surface area contributed by atoms with Crippen LogP contribution in [-0.2, 0) is 28.6 Å². The van der Waals surface area contributed by atoms with Gasteiger partial charge in [0.15, 0.2) is 5.75 Å². The first-order valence-electron chi connectivity index (χ1n) is 22.5. The van der Waals surface area contributed by atoms with E-state index in [0.717, 1.165) is 51.4 Å². The zero-order valence-corrected chi connectivity index (χ0v) is 36.7. The van der Waals surface area contributed by atoms with Gasteiger partial charge in [0.1, 0.15) is 35.8 Å². The van der Waals surface area contributed by atoms with Gasteiger partial charge in [0.2, 0.25) is 5.91 Å². The van der Waals surface area contributed by atoms with Crippen molar-refractivity contribution in [3.63, 3.8) is 0 Å². The second kappa shape index (κ2) is 20.7. The molecule has 4 aliphatic carbocycles. The molecule has 14 heteroatoms. The number of ketones is 1. The van der Waals surface area contributed by atoms with Crippen molar-refractivity contribution in [2.75, 3.05) is 38.9 Å². The van der Waals surface area contributed by atoms with Gasteiger partial charge in [-0.1, -0.05) is 46.5 Å². The standard InChI is InChI=1S/C46H73N3O11/c1-6-7-8-9-18-46(4,56)38-15-12-31-30-26-36(51)33-25-29(16-19-44(33,2)32(30)17-20-45(31,38)3)60-43(55)34(47)24-28(50)11-10-21-58-22-23-59-27-39(52)49-35-13-14-37(57-5)40(41(35)53)42(48)54/h13-14,29-34,36,38,51,53,56H,6-12,15-27,47H2,1-5H3,(H2,48,54)(H,49,52)/t29-,30-,31-,32-,33+,34-,36-,38-,44+,45-,46-/m0/s1. The lowest BCUT2D eigenvalue weighted by Gasteiger charge is -2.62. The van der Waals surface area contributed by atoms with E-state index in [2.05, 4.69) is 33.0 Å². The fraction of sp³-hybridized carbons (Fsp3) is 0.783. The van der Waals surface area contributed by atoms with E-state index < -0.39 is 41.3 Å². The number of fused-ring (bicyclic) bond motifs is 5. The van der Waals surface area contributed by atoms with Crippen LogP contribution in [0.4, 0.5) is 5.69 Å². The molecule has 11 atom stereocenters. The Bertz CT molecular complexity index is 1650. The van der Waals surface area contributed by atoms with Crippen molar-refractivity contribution < 1.29 is 53.4 Å². The molecular weight excluding hydrogens is 771 g/mol. The molecule has 1 aromatic rings. The average molecular weight is 844 g/mol. The van der Waals surface area contributed by atoms with Crippen molar-refractivity contribution in [3.8, 4) is 11.5 Å². The summed E-state index contributed by atoms with van der Waals surface area (Å²) >= 11 is 0. The molecule has 4 saturated carbocycles. The summed E-state index contributed by atoms with van der Waals surface area (Å²) in [6.07, 6.45) is 12.5. The first-order valence-corrected chi connectivity index (χ1v) is 22.5. The number of primary amides is 1. The number of unbranched alkanes of at least 4 members (excludes halogenated alkanes) is 3. The van der Waals surface area contributed by atoms with E-state index in [-0.39, 0.29) is 90.8 Å². The third-order valence-corrected chi connectivity index (χ3v) is 15.2. The number of aliphatic hydroxyl groups excluding tert-OH is 1. The van der Waals surface area contributed by atoms with Gasteiger partial charge in [-0.25, -0.2) is 0 Å². The Morgan fingerprint density at radius 2 is 1.65 bits per heavy atom. The van der Waals surface area contributed by atoms with Crippen LogP contribution in [0.1, 0.15) is 141 Å². The van der Waals surface area contributed by atoms with Crippen molar-refractivity contribution in [2.24, 2.45) is 51.9 Å². The number of nitrogens with two attached hydrogens (primary N) is 2. The highest BCUT2D eigenvalue weighted by molar-refractivity contribution is 6.02. The number of aromatic hydroxyl groups is 1. The molecule has 0 saturated heterocycles. The lowest BCUT2D eigenvalue weighted by Crippen LogP contribution is -2.59. The molecular formula is C46H73N3O11. The molecule has 0 bridgehead atoms. The molecule has 8 N–H and O–H groups in total. The summed E-state index contributed by atoms with van der Waals surface area (Å²) < 4.78 is 21.8. The minimum absolute atomic E-state index is 0.0176. The molecule has 0 aliphatic heterocycles. The van der Waals surface area contributed by atoms with Gasteiger partial charge in [0.05, 0.1) is 37.7 Å². The summed E-state index contributed by atoms with van der Waals surface area (Å²) in [5.74, 6) is -0.918. The van der Waals surface area contributed by atoms with Crippen molar-refractivity contribution in [1.82, 2.24) is 0 Å². The van der Waals surface area contributed by atoms with Crippen molar-refractivity contribution in [3.05, 3.63) is 17.7 Å². The minimum Gasteiger partial charge on any atom is -0.505 e. The van der Waals surface area contributed by atoms with Crippen LogP contribution in [0.5, 0.6) is 11.5 Å². The third kappa shape index (κ3) is 10.8. The molecule has 60 heavy (non-hydrogen) atoms. The number of carbonyl (C=O) groups is 4. The van der Waals surface area contributed by atoms with Crippen LogP contribution in [0.15, 0.2) is 12.1 Å². The Labute approximate surface area is 356 Å². The maximum atomic E-state index is 13.1. The number of methoxy groups -OCH3 is 1. The summed E-state index contributed by atoms with van der Waals surface area (Å²) in [7, 11) is 1.32. The van der Waals surface area contributed by atoms with Crippen LogP contribution in [0, 0.1) is 40.4 Å². The first kappa shape index (κ1) is 47.7. The van der Waals surface area contributed by atoms with Crippen molar-refractivity contribution >= 4 is 29.3 Å². The smallest absolute Gasteiger partial charge is 0.323 e. The fourth-order valence-electron chi connectivity index (χ4n) is 12.2. The fourth-order valence-corrected chi connectivity index (χ4v) is 12.2. The second-order valence-electron chi connectivity index (χ2n) is 19.0. The Morgan fingerprint density at radius 3 is 2.37 bits per heavy atom. The van der Waals surface area contributed by atoms with Crippen LogP contribution in [0.25, 0.3) is 0 Å². The van der Waals surface area contributed by atoms with Crippen molar-refractivity contribution in [2.45, 2.75) is 154 Å². The number of ether oxygens (including phenoxy) is 4. The lowest BCUT2D eigenvalue weighted by atomic mass is 9.43. The van der Waals surface area contributed by atoms with E-state index in [1.165, 1.54) is 38.5 Å². The number of anilines is 1. The first-order chi connectivity index (χ1) is 28.5. The van der Waals surface area contributed by atoms with Crippen LogP contribution < -0.4 is 21.5 Å². The Kier molecular flexibility index (Phi) is 16.5. The Morgan fingerprint density at radius 1 is 0.933 bits per heavy atom. The van der Waals surface area contributed by atoms with E-state index in [1.54, 1.807) is 0 Å². The molecule has 0 aromatic heterocycles. The van der Waals surface area contributed by atoms with E-state index in [0.29, 0.717) is 37.0 Å². The highest BCUT2D eigenvalue weighted by atomic mass is 16.5. The van der Waals surface area contributed by atoms with Crippen LogP contribution >= 0.6 is 0 Å². The summed E-state index contributed by atoms with van der Waals surface area (Å²) in [6.45, 7) is 9.30.